The first-order chi connectivity index (χ1) is 9.49. The van der Waals surface area contributed by atoms with Gasteiger partial charge in [-0.2, -0.15) is 0 Å². The molecule has 0 heterocycles. The maximum Gasteiger partial charge on any atom is 0.326 e. The Labute approximate surface area is 121 Å². The highest BCUT2D eigenvalue weighted by Gasteiger charge is 2.22. The Bertz CT molecular complexity index is 310. The molecule has 1 saturated carbocycles. The number of hydrogen-bond acceptors (Lipinski definition) is 2. The van der Waals surface area contributed by atoms with Gasteiger partial charge in [0.2, 0.25) is 0 Å². The molecule has 20 heavy (non-hydrogen) atoms. The lowest BCUT2D eigenvalue weighted by atomic mass is 9.97. The summed E-state index contributed by atoms with van der Waals surface area (Å²) in [5, 5.41) is 14.6. The maximum atomic E-state index is 11.9. The largest absolute Gasteiger partial charge is 0.480 e. The summed E-state index contributed by atoms with van der Waals surface area (Å²) in [6, 6.07) is -0.962. The highest BCUT2D eigenvalue weighted by atomic mass is 16.4. The van der Waals surface area contributed by atoms with Crippen molar-refractivity contribution in [3.05, 3.63) is 0 Å². The van der Waals surface area contributed by atoms with Gasteiger partial charge >= 0.3 is 12.0 Å². The molecule has 2 amide bonds. The van der Waals surface area contributed by atoms with Crippen molar-refractivity contribution in [3.63, 3.8) is 0 Å². The summed E-state index contributed by atoms with van der Waals surface area (Å²) in [7, 11) is 0. The number of carbonyl (C=O) groups excluding carboxylic acids is 1. The van der Waals surface area contributed by atoms with E-state index < -0.39 is 12.0 Å². The predicted octanol–water partition coefficient (Wildman–Crippen LogP) is 2.90. The van der Waals surface area contributed by atoms with Crippen LogP contribution in [0.5, 0.6) is 0 Å². The molecule has 5 nitrogen and oxygen atoms in total. The van der Waals surface area contributed by atoms with Crippen molar-refractivity contribution in [3.8, 4) is 0 Å². The highest BCUT2D eigenvalue weighted by molar-refractivity contribution is 5.82. The average Bonchev–Trinajstić information content (AvgIpc) is 2.31. The number of aliphatic carboxylic acids is 1. The number of carboxylic acid groups (broad SMARTS) is 1. The Morgan fingerprint density at radius 2 is 1.65 bits per heavy atom. The molecule has 0 bridgehead atoms. The van der Waals surface area contributed by atoms with E-state index in [1.807, 2.05) is 13.8 Å². The van der Waals surface area contributed by atoms with E-state index in [9.17, 15) is 9.59 Å². The van der Waals surface area contributed by atoms with E-state index in [0.29, 0.717) is 6.42 Å². The van der Waals surface area contributed by atoms with Crippen LogP contribution in [0.1, 0.15) is 65.2 Å². The summed E-state index contributed by atoms with van der Waals surface area (Å²) in [6.45, 7) is 3.90. The molecule has 0 aromatic carbocycles. The van der Waals surface area contributed by atoms with Gasteiger partial charge in [-0.25, -0.2) is 9.59 Å². The Morgan fingerprint density at radius 3 is 2.15 bits per heavy atom. The first kappa shape index (κ1) is 16.8. The number of carboxylic acids is 1. The van der Waals surface area contributed by atoms with E-state index in [4.69, 9.17) is 5.11 Å². The van der Waals surface area contributed by atoms with Crippen LogP contribution in [-0.4, -0.2) is 29.2 Å². The smallest absolute Gasteiger partial charge is 0.326 e. The van der Waals surface area contributed by atoms with E-state index >= 15 is 0 Å². The van der Waals surface area contributed by atoms with Crippen molar-refractivity contribution in [2.24, 2.45) is 5.92 Å². The van der Waals surface area contributed by atoms with E-state index in [-0.39, 0.29) is 18.0 Å². The van der Waals surface area contributed by atoms with Crippen LogP contribution in [0, 0.1) is 5.92 Å². The Kier molecular flexibility index (Phi) is 7.41. The molecule has 1 aliphatic rings. The Morgan fingerprint density at radius 1 is 1.10 bits per heavy atom. The zero-order valence-electron chi connectivity index (χ0n) is 12.7. The Balaban J connectivity index is 2.41. The van der Waals surface area contributed by atoms with Crippen LogP contribution < -0.4 is 10.6 Å². The third kappa shape index (κ3) is 6.78. The van der Waals surface area contributed by atoms with Crippen molar-refractivity contribution in [2.45, 2.75) is 77.3 Å². The average molecular weight is 284 g/mol. The summed E-state index contributed by atoms with van der Waals surface area (Å²) < 4.78 is 0. The van der Waals surface area contributed by atoms with Crippen molar-refractivity contribution in [1.82, 2.24) is 10.6 Å². The third-order valence-electron chi connectivity index (χ3n) is 3.75. The molecule has 1 atom stereocenters. The molecule has 0 aromatic heterocycles. The fraction of sp³-hybridized carbons (Fsp3) is 0.867. The van der Waals surface area contributed by atoms with Crippen LogP contribution in [0.15, 0.2) is 0 Å². The van der Waals surface area contributed by atoms with Gasteiger partial charge in [-0.15, -0.1) is 0 Å². The monoisotopic (exact) mass is 284 g/mol. The van der Waals surface area contributed by atoms with Gasteiger partial charge in [-0.1, -0.05) is 46.0 Å². The number of hydrogen-bond donors (Lipinski definition) is 3. The van der Waals surface area contributed by atoms with Crippen molar-refractivity contribution in [2.75, 3.05) is 0 Å². The van der Waals surface area contributed by atoms with Gasteiger partial charge in [0.25, 0.3) is 0 Å². The molecule has 1 aliphatic carbocycles. The number of amides is 2. The molecular formula is C15H28N2O3. The lowest BCUT2D eigenvalue weighted by molar-refractivity contribution is -0.139. The second kappa shape index (κ2) is 8.82. The summed E-state index contributed by atoms with van der Waals surface area (Å²) >= 11 is 0. The lowest BCUT2D eigenvalue weighted by Gasteiger charge is -2.23. The second-order valence-electron chi connectivity index (χ2n) is 6.18. The molecule has 0 aromatic rings. The van der Waals surface area contributed by atoms with Gasteiger partial charge in [0.1, 0.15) is 6.04 Å². The van der Waals surface area contributed by atoms with Crippen molar-refractivity contribution in [1.29, 1.82) is 0 Å². The standard InChI is InChI=1S/C15H28N2O3/c1-11(2)10-13(14(18)19)17-15(20)16-12-8-6-4-3-5-7-9-12/h11-13H,3-10H2,1-2H3,(H,18,19)(H2,16,17,20)/t13-/m0/s1. The first-order valence-corrected chi connectivity index (χ1v) is 7.79. The summed E-state index contributed by atoms with van der Waals surface area (Å²) in [4.78, 5) is 23.0. The SMILES string of the molecule is CC(C)C[C@H](NC(=O)NC1CCCCCCC1)C(=O)O. The molecule has 1 rings (SSSR count). The molecule has 0 radical (unpaired) electrons. The van der Waals surface area contributed by atoms with Crippen LogP contribution >= 0.6 is 0 Å². The van der Waals surface area contributed by atoms with Gasteiger partial charge < -0.3 is 15.7 Å². The first-order valence-electron chi connectivity index (χ1n) is 7.79. The van der Waals surface area contributed by atoms with Crippen LogP contribution in [0.3, 0.4) is 0 Å². The van der Waals surface area contributed by atoms with Gasteiger partial charge in [-0.3, -0.25) is 0 Å². The van der Waals surface area contributed by atoms with Crippen LogP contribution in [0.25, 0.3) is 0 Å². The molecule has 0 aliphatic heterocycles. The molecule has 3 N–H and O–H groups in total. The topological polar surface area (TPSA) is 78.4 Å². The van der Waals surface area contributed by atoms with Gasteiger partial charge in [0, 0.05) is 6.04 Å². The predicted molar refractivity (Wildman–Crippen MR) is 78.7 cm³/mol. The van der Waals surface area contributed by atoms with Crippen molar-refractivity contribution >= 4 is 12.0 Å². The van der Waals surface area contributed by atoms with E-state index in [1.54, 1.807) is 0 Å². The highest BCUT2D eigenvalue weighted by Crippen LogP contribution is 2.17. The minimum atomic E-state index is -0.966. The van der Waals surface area contributed by atoms with Gasteiger partial charge in [0.15, 0.2) is 0 Å². The molecule has 0 saturated heterocycles. The summed E-state index contributed by atoms with van der Waals surface area (Å²) in [6.07, 6.45) is 8.46. The lowest BCUT2D eigenvalue weighted by Crippen LogP contribution is -2.49. The molecule has 1 fully saturated rings. The Hall–Kier alpha value is -1.26. The zero-order chi connectivity index (χ0) is 15.0. The van der Waals surface area contributed by atoms with Crippen LogP contribution in [-0.2, 0) is 4.79 Å². The third-order valence-corrected chi connectivity index (χ3v) is 3.75. The maximum absolute atomic E-state index is 11.9. The fourth-order valence-electron chi connectivity index (χ4n) is 2.68. The van der Waals surface area contributed by atoms with Gasteiger partial charge in [-0.05, 0) is 25.2 Å². The van der Waals surface area contributed by atoms with E-state index in [2.05, 4.69) is 10.6 Å². The van der Waals surface area contributed by atoms with Crippen molar-refractivity contribution < 1.29 is 14.7 Å². The summed E-state index contributed by atoms with van der Waals surface area (Å²) in [5.74, 6) is -0.732. The molecule has 0 spiro atoms. The molecule has 116 valence electrons. The number of rotatable bonds is 5. The van der Waals surface area contributed by atoms with E-state index in [0.717, 1.165) is 25.7 Å². The summed E-state index contributed by atoms with van der Waals surface area (Å²) in [5.41, 5.74) is 0. The van der Waals surface area contributed by atoms with Crippen LogP contribution in [0.2, 0.25) is 0 Å². The van der Waals surface area contributed by atoms with Gasteiger partial charge in [0.05, 0.1) is 0 Å². The zero-order valence-corrected chi connectivity index (χ0v) is 12.7. The fourth-order valence-corrected chi connectivity index (χ4v) is 2.68. The minimum absolute atomic E-state index is 0.184. The minimum Gasteiger partial charge on any atom is -0.480 e. The number of carbonyl (C=O) groups is 2. The van der Waals surface area contributed by atoms with E-state index in [1.165, 1.54) is 19.3 Å². The molecule has 5 heteroatoms. The van der Waals surface area contributed by atoms with Crippen LogP contribution in [0.4, 0.5) is 4.79 Å². The normalized spacial score (nSPS) is 18.9. The molecular weight excluding hydrogens is 256 g/mol. The number of nitrogens with one attached hydrogen (secondary N) is 2. The molecule has 0 unspecified atom stereocenters. The quantitative estimate of drug-likeness (QED) is 0.726. The number of urea groups is 1. The second-order valence-corrected chi connectivity index (χ2v) is 6.18.